The maximum absolute atomic E-state index is 13.3. The number of furan rings is 1. The highest BCUT2D eigenvalue weighted by Crippen LogP contribution is 2.15. The Morgan fingerprint density at radius 1 is 1.29 bits per heavy atom. The molecule has 0 aliphatic carbocycles. The van der Waals surface area contributed by atoms with E-state index >= 15 is 0 Å². The van der Waals surface area contributed by atoms with E-state index in [0.717, 1.165) is 5.56 Å². The molecule has 0 aliphatic rings. The van der Waals surface area contributed by atoms with Gasteiger partial charge >= 0.3 is 0 Å². The third-order valence-corrected chi connectivity index (χ3v) is 2.51. The summed E-state index contributed by atoms with van der Waals surface area (Å²) in [6.07, 6.45) is 2.37. The van der Waals surface area contributed by atoms with Gasteiger partial charge in [-0.25, -0.2) is 4.39 Å². The molecule has 2 N–H and O–H groups in total. The normalized spacial score (nSPS) is 12.6. The molecule has 90 valence electrons. The van der Waals surface area contributed by atoms with Crippen molar-refractivity contribution in [2.45, 2.75) is 12.6 Å². The van der Waals surface area contributed by atoms with Gasteiger partial charge in [-0.15, -0.1) is 0 Å². The first-order valence-corrected chi connectivity index (χ1v) is 5.41. The van der Waals surface area contributed by atoms with E-state index in [9.17, 15) is 9.50 Å². The second-order valence-corrected chi connectivity index (χ2v) is 3.80. The zero-order valence-corrected chi connectivity index (χ0v) is 9.27. The number of benzene rings is 1. The predicted octanol–water partition coefficient (Wildman–Crippen LogP) is 2.24. The summed E-state index contributed by atoms with van der Waals surface area (Å²) in [5.74, 6) is -0.384. The smallest absolute Gasteiger partial charge is 0.129 e. The third-order valence-electron chi connectivity index (χ3n) is 2.51. The quantitative estimate of drug-likeness (QED) is 0.835. The molecular weight excluding hydrogens is 221 g/mol. The van der Waals surface area contributed by atoms with E-state index in [1.54, 1.807) is 30.7 Å². The highest BCUT2D eigenvalue weighted by Gasteiger charge is 2.11. The Morgan fingerprint density at radius 3 is 2.82 bits per heavy atom. The lowest BCUT2D eigenvalue weighted by Crippen LogP contribution is -2.21. The Balaban J connectivity index is 1.85. The number of hydrogen-bond donors (Lipinski definition) is 2. The van der Waals surface area contributed by atoms with Crippen molar-refractivity contribution < 1.29 is 13.9 Å². The minimum absolute atomic E-state index is 0.298. The van der Waals surface area contributed by atoms with E-state index < -0.39 is 6.10 Å². The van der Waals surface area contributed by atoms with Crippen LogP contribution in [-0.2, 0) is 6.54 Å². The van der Waals surface area contributed by atoms with E-state index in [1.807, 2.05) is 6.07 Å². The van der Waals surface area contributed by atoms with Gasteiger partial charge in [0.15, 0.2) is 0 Å². The molecule has 0 spiro atoms. The van der Waals surface area contributed by atoms with E-state index in [4.69, 9.17) is 4.42 Å². The Bertz CT molecular complexity index is 456. The average molecular weight is 235 g/mol. The summed E-state index contributed by atoms with van der Waals surface area (Å²) >= 11 is 0. The molecule has 1 aromatic carbocycles. The van der Waals surface area contributed by atoms with Gasteiger partial charge in [0.1, 0.15) is 5.82 Å². The van der Waals surface area contributed by atoms with Crippen molar-refractivity contribution in [3.05, 3.63) is 59.8 Å². The van der Waals surface area contributed by atoms with Crippen LogP contribution in [0.15, 0.2) is 47.3 Å². The number of aliphatic hydroxyl groups is 1. The van der Waals surface area contributed by atoms with Gasteiger partial charge in [-0.05, 0) is 12.1 Å². The van der Waals surface area contributed by atoms with Crippen molar-refractivity contribution in [3.8, 4) is 0 Å². The Kier molecular flexibility index (Phi) is 3.90. The van der Waals surface area contributed by atoms with Crippen LogP contribution in [0.3, 0.4) is 0 Å². The summed E-state index contributed by atoms with van der Waals surface area (Å²) in [4.78, 5) is 0. The molecule has 0 saturated heterocycles. The number of aliphatic hydroxyl groups excluding tert-OH is 1. The maximum atomic E-state index is 13.3. The van der Waals surface area contributed by atoms with Crippen LogP contribution in [0.2, 0.25) is 0 Å². The second kappa shape index (κ2) is 5.61. The molecule has 1 heterocycles. The molecule has 0 saturated carbocycles. The first-order chi connectivity index (χ1) is 8.27. The zero-order chi connectivity index (χ0) is 12.1. The number of halogens is 1. The third kappa shape index (κ3) is 3.15. The number of hydrogen-bond acceptors (Lipinski definition) is 3. The highest BCUT2D eigenvalue weighted by molar-refractivity contribution is 5.20. The zero-order valence-electron chi connectivity index (χ0n) is 9.27. The molecule has 0 amide bonds. The molecule has 0 aliphatic heterocycles. The summed E-state index contributed by atoms with van der Waals surface area (Å²) in [5, 5.41) is 12.8. The summed E-state index contributed by atoms with van der Waals surface area (Å²) in [6.45, 7) is 0.883. The van der Waals surface area contributed by atoms with Crippen molar-refractivity contribution >= 4 is 0 Å². The topological polar surface area (TPSA) is 45.4 Å². The van der Waals surface area contributed by atoms with E-state index in [-0.39, 0.29) is 5.82 Å². The molecule has 0 bridgehead atoms. The standard InChI is InChI=1S/C13H14FNO2/c14-12-4-2-1-3-11(12)13(16)8-15-7-10-5-6-17-9-10/h1-6,9,13,15-16H,7-8H2. The van der Waals surface area contributed by atoms with E-state index in [0.29, 0.717) is 18.7 Å². The number of nitrogens with one attached hydrogen (secondary N) is 1. The van der Waals surface area contributed by atoms with Crippen molar-refractivity contribution in [1.29, 1.82) is 0 Å². The van der Waals surface area contributed by atoms with Gasteiger partial charge in [0.25, 0.3) is 0 Å². The van der Waals surface area contributed by atoms with Crippen LogP contribution in [0, 0.1) is 5.82 Å². The fourth-order valence-electron chi connectivity index (χ4n) is 1.60. The van der Waals surface area contributed by atoms with Crippen molar-refractivity contribution in [3.63, 3.8) is 0 Å². The second-order valence-electron chi connectivity index (χ2n) is 3.80. The fraction of sp³-hybridized carbons (Fsp3) is 0.231. The van der Waals surface area contributed by atoms with Crippen LogP contribution in [0.25, 0.3) is 0 Å². The lowest BCUT2D eigenvalue weighted by Gasteiger charge is -2.12. The molecule has 17 heavy (non-hydrogen) atoms. The maximum Gasteiger partial charge on any atom is 0.129 e. The van der Waals surface area contributed by atoms with Gasteiger partial charge in [-0.2, -0.15) is 0 Å². The Morgan fingerprint density at radius 2 is 2.12 bits per heavy atom. The largest absolute Gasteiger partial charge is 0.472 e. The molecule has 0 radical (unpaired) electrons. The van der Waals surface area contributed by atoms with Gasteiger partial charge in [0.05, 0.1) is 18.6 Å². The molecule has 3 nitrogen and oxygen atoms in total. The van der Waals surface area contributed by atoms with Gasteiger partial charge in [0.2, 0.25) is 0 Å². The van der Waals surface area contributed by atoms with Crippen LogP contribution in [-0.4, -0.2) is 11.7 Å². The monoisotopic (exact) mass is 235 g/mol. The first-order valence-electron chi connectivity index (χ1n) is 5.41. The molecular formula is C13H14FNO2. The SMILES string of the molecule is OC(CNCc1ccoc1)c1ccccc1F. The van der Waals surface area contributed by atoms with Crippen LogP contribution in [0.1, 0.15) is 17.2 Å². The summed E-state index contributed by atoms with van der Waals surface area (Å²) in [5.41, 5.74) is 1.30. The first kappa shape index (κ1) is 11.8. The van der Waals surface area contributed by atoms with Crippen molar-refractivity contribution in [2.24, 2.45) is 0 Å². The predicted molar refractivity (Wildman–Crippen MR) is 61.8 cm³/mol. The van der Waals surface area contributed by atoms with Crippen LogP contribution < -0.4 is 5.32 Å². The summed E-state index contributed by atoms with van der Waals surface area (Å²) in [6, 6.07) is 8.07. The highest BCUT2D eigenvalue weighted by atomic mass is 19.1. The molecule has 2 rings (SSSR count). The van der Waals surface area contributed by atoms with E-state index in [1.165, 1.54) is 6.07 Å². The number of rotatable bonds is 5. The lowest BCUT2D eigenvalue weighted by molar-refractivity contribution is 0.169. The molecule has 1 atom stereocenters. The van der Waals surface area contributed by atoms with E-state index in [2.05, 4.69) is 5.32 Å². The molecule has 1 aromatic heterocycles. The molecule has 2 aromatic rings. The van der Waals surface area contributed by atoms with Gasteiger partial charge in [-0.1, -0.05) is 18.2 Å². The summed E-state index contributed by atoms with van der Waals surface area (Å²) < 4.78 is 18.3. The lowest BCUT2D eigenvalue weighted by atomic mass is 10.1. The molecule has 4 heteroatoms. The van der Waals surface area contributed by atoms with Gasteiger partial charge in [-0.3, -0.25) is 0 Å². The molecule has 0 fully saturated rings. The fourth-order valence-corrected chi connectivity index (χ4v) is 1.60. The average Bonchev–Trinajstić information content (AvgIpc) is 2.82. The summed E-state index contributed by atoms with van der Waals surface area (Å²) in [7, 11) is 0. The van der Waals surface area contributed by atoms with Gasteiger partial charge in [0, 0.05) is 24.2 Å². The van der Waals surface area contributed by atoms with Crippen molar-refractivity contribution in [2.75, 3.05) is 6.54 Å². The van der Waals surface area contributed by atoms with Crippen LogP contribution in [0.5, 0.6) is 0 Å². The van der Waals surface area contributed by atoms with Gasteiger partial charge < -0.3 is 14.8 Å². The van der Waals surface area contributed by atoms with Crippen molar-refractivity contribution in [1.82, 2.24) is 5.32 Å². The minimum Gasteiger partial charge on any atom is -0.472 e. The minimum atomic E-state index is -0.844. The Labute approximate surface area is 98.9 Å². The van der Waals surface area contributed by atoms with Crippen LogP contribution >= 0.6 is 0 Å². The van der Waals surface area contributed by atoms with Crippen LogP contribution in [0.4, 0.5) is 4.39 Å². The molecule has 1 unspecified atom stereocenters. The Hall–Kier alpha value is -1.65.